The van der Waals surface area contributed by atoms with Crippen molar-refractivity contribution in [1.29, 1.82) is 0 Å². The summed E-state index contributed by atoms with van der Waals surface area (Å²) in [7, 11) is 2.11. The number of ether oxygens (including phenoxy) is 1. The monoisotopic (exact) mass is 305 g/mol. The number of carbonyl (C=O) groups is 1. The number of aromatic nitrogens is 2. The van der Waals surface area contributed by atoms with Gasteiger partial charge in [-0.05, 0) is 39.0 Å². The van der Waals surface area contributed by atoms with Gasteiger partial charge < -0.3 is 19.9 Å². The summed E-state index contributed by atoms with van der Waals surface area (Å²) in [5.41, 5.74) is 0. The average Bonchev–Trinajstić information content (AvgIpc) is 2.58. The van der Waals surface area contributed by atoms with Gasteiger partial charge in [-0.25, -0.2) is 9.97 Å². The molecule has 1 unspecified atom stereocenters. The number of nitrogens with one attached hydrogen (secondary N) is 1. The molecule has 0 bridgehead atoms. The van der Waals surface area contributed by atoms with Gasteiger partial charge in [0.25, 0.3) is 5.91 Å². The summed E-state index contributed by atoms with van der Waals surface area (Å²) in [4.78, 5) is 25.2. The maximum Gasteiger partial charge on any atom is 0.251 e. The van der Waals surface area contributed by atoms with Crippen LogP contribution in [0.15, 0.2) is 18.5 Å². The Morgan fingerprint density at radius 2 is 2.00 bits per heavy atom. The second-order valence-electron chi connectivity index (χ2n) is 5.94. The maximum atomic E-state index is 12.4. The summed E-state index contributed by atoms with van der Waals surface area (Å²) in [6.07, 6.45) is 4.98. The number of likely N-dealkylation sites (tertiary alicyclic amines) is 1. The van der Waals surface area contributed by atoms with Crippen LogP contribution in [-0.4, -0.2) is 72.8 Å². The number of anilines is 1. The first-order valence-corrected chi connectivity index (χ1v) is 7.85. The normalized spacial score (nSPS) is 24.2. The third-order valence-electron chi connectivity index (χ3n) is 4.26. The van der Waals surface area contributed by atoms with Crippen LogP contribution in [0.5, 0.6) is 0 Å². The van der Waals surface area contributed by atoms with E-state index in [4.69, 9.17) is 4.74 Å². The smallest absolute Gasteiger partial charge is 0.251 e. The number of morpholine rings is 1. The van der Waals surface area contributed by atoms with Crippen molar-refractivity contribution in [2.75, 3.05) is 44.7 Å². The van der Waals surface area contributed by atoms with E-state index in [1.807, 2.05) is 4.90 Å². The van der Waals surface area contributed by atoms with Crippen LogP contribution in [-0.2, 0) is 9.53 Å². The predicted molar refractivity (Wildman–Crippen MR) is 82.6 cm³/mol. The highest BCUT2D eigenvalue weighted by atomic mass is 16.5. The summed E-state index contributed by atoms with van der Waals surface area (Å²) in [5, 5.41) is 3.12. The van der Waals surface area contributed by atoms with Crippen molar-refractivity contribution in [2.45, 2.75) is 25.0 Å². The molecule has 0 spiro atoms. The van der Waals surface area contributed by atoms with Crippen molar-refractivity contribution >= 4 is 11.9 Å². The van der Waals surface area contributed by atoms with Crippen molar-refractivity contribution in [1.82, 2.24) is 20.2 Å². The Balaban J connectivity index is 1.54. The Bertz CT molecular complexity index is 490. The lowest BCUT2D eigenvalue weighted by Gasteiger charge is -2.34. The van der Waals surface area contributed by atoms with Crippen LogP contribution < -0.4 is 10.2 Å². The fraction of sp³-hybridized carbons (Fsp3) is 0.667. The van der Waals surface area contributed by atoms with Crippen molar-refractivity contribution in [3.63, 3.8) is 0 Å². The first kappa shape index (κ1) is 15.2. The van der Waals surface area contributed by atoms with Crippen molar-refractivity contribution in [2.24, 2.45) is 0 Å². The van der Waals surface area contributed by atoms with E-state index in [0.717, 1.165) is 25.9 Å². The standard InChI is InChI=1S/C15H23N5O2/c1-19-7-3-12(4-8-19)18-14(21)13-11-20(9-10-22-13)15-16-5-2-6-17-15/h2,5-6,12-13H,3-4,7-11H2,1H3,(H,18,21). The molecule has 0 aromatic carbocycles. The molecule has 1 aromatic rings. The number of carbonyl (C=O) groups excluding carboxylic acids is 1. The second kappa shape index (κ2) is 7.02. The zero-order chi connectivity index (χ0) is 15.4. The van der Waals surface area contributed by atoms with Crippen molar-refractivity contribution in [3.8, 4) is 0 Å². The van der Waals surface area contributed by atoms with E-state index in [2.05, 4.69) is 27.2 Å². The molecule has 2 saturated heterocycles. The highest BCUT2D eigenvalue weighted by Crippen LogP contribution is 2.13. The fourth-order valence-electron chi connectivity index (χ4n) is 2.89. The molecular weight excluding hydrogens is 282 g/mol. The van der Waals surface area contributed by atoms with Gasteiger partial charge in [-0.15, -0.1) is 0 Å². The molecule has 2 aliphatic heterocycles. The third-order valence-corrected chi connectivity index (χ3v) is 4.26. The largest absolute Gasteiger partial charge is 0.365 e. The lowest BCUT2D eigenvalue weighted by molar-refractivity contribution is -0.134. The van der Waals surface area contributed by atoms with E-state index < -0.39 is 6.10 Å². The molecule has 22 heavy (non-hydrogen) atoms. The summed E-state index contributed by atoms with van der Waals surface area (Å²) in [5.74, 6) is 0.637. The van der Waals surface area contributed by atoms with Gasteiger partial charge >= 0.3 is 0 Å². The van der Waals surface area contributed by atoms with Crippen LogP contribution >= 0.6 is 0 Å². The highest BCUT2D eigenvalue weighted by Gasteiger charge is 2.29. The van der Waals surface area contributed by atoms with Crippen LogP contribution in [0.1, 0.15) is 12.8 Å². The molecule has 2 aliphatic rings. The van der Waals surface area contributed by atoms with Crippen molar-refractivity contribution < 1.29 is 9.53 Å². The van der Waals surface area contributed by atoms with Crippen LogP contribution in [0.4, 0.5) is 5.95 Å². The van der Waals surface area contributed by atoms with Crippen LogP contribution in [0.3, 0.4) is 0 Å². The van der Waals surface area contributed by atoms with Gasteiger partial charge in [0.15, 0.2) is 6.10 Å². The molecule has 3 rings (SSSR count). The fourth-order valence-corrected chi connectivity index (χ4v) is 2.89. The minimum atomic E-state index is -0.447. The summed E-state index contributed by atoms with van der Waals surface area (Å²) in [6, 6.07) is 2.05. The second-order valence-corrected chi connectivity index (χ2v) is 5.94. The quantitative estimate of drug-likeness (QED) is 0.840. The van der Waals surface area contributed by atoms with E-state index in [1.165, 1.54) is 0 Å². The Kier molecular flexibility index (Phi) is 4.84. The Hall–Kier alpha value is -1.73. The summed E-state index contributed by atoms with van der Waals surface area (Å²) in [6.45, 7) is 3.79. The van der Waals surface area contributed by atoms with Crippen LogP contribution in [0, 0.1) is 0 Å². The first-order valence-electron chi connectivity index (χ1n) is 7.85. The molecule has 0 aliphatic carbocycles. The van der Waals surface area contributed by atoms with E-state index in [-0.39, 0.29) is 11.9 Å². The minimum absolute atomic E-state index is 0.0183. The Labute approximate surface area is 130 Å². The van der Waals surface area contributed by atoms with E-state index >= 15 is 0 Å². The third kappa shape index (κ3) is 3.72. The van der Waals surface area contributed by atoms with Gasteiger partial charge in [0.1, 0.15) is 0 Å². The topological polar surface area (TPSA) is 70.6 Å². The highest BCUT2D eigenvalue weighted by molar-refractivity contribution is 5.82. The van der Waals surface area contributed by atoms with E-state index in [1.54, 1.807) is 18.5 Å². The number of nitrogens with zero attached hydrogens (tertiary/aromatic N) is 4. The SMILES string of the molecule is CN1CCC(NC(=O)C2CN(c3ncccn3)CCO2)CC1. The molecule has 7 heteroatoms. The molecule has 0 saturated carbocycles. The molecule has 1 N–H and O–H groups in total. The summed E-state index contributed by atoms with van der Waals surface area (Å²) < 4.78 is 5.63. The van der Waals surface area contributed by atoms with Crippen molar-refractivity contribution in [3.05, 3.63) is 18.5 Å². The number of piperidine rings is 1. The molecule has 0 radical (unpaired) electrons. The lowest BCUT2D eigenvalue weighted by atomic mass is 10.1. The lowest BCUT2D eigenvalue weighted by Crippen LogP contribution is -2.53. The predicted octanol–water partition coefficient (Wildman–Crippen LogP) is -0.108. The average molecular weight is 305 g/mol. The van der Waals surface area contributed by atoms with Gasteiger partial charge in [-0.3, -0.25) is 4.79 Å². The van der Waals surface area contributed by atoms with Gasteiger partial charge in [0, 0.05) is 25.0 Å². The van der Waals surface area contributed by atoms with Crippen LogP contribution in [0.25, 0.3) is 0 Å². The van der Waals surface area contributed by atoms with Gasteiger partial charge in [-0.1, -0.05) is 0 Å². The molecular formula is C15H23N5O2. The van der Waals surface area contributed by atoms with Gasteiger partial charge in [0.05, 0.1) is 13.2 Å². The molecule has 1 atom stereocenters. The molecule has 120 valence electrons. The molecule has 1 amide bonds. The number of hydrogen-bond acceptors (Lipinski definition) is 6. The number of amides is 1. The van der Waals surface area contributed by atoms with Gasteiger partial charge in [0.2, 0.25) is 5.95 Å². The Morgan fingerprint density at radius 3 is 2.73 bits per heavy atom. The van der Waals surface area contributed by atoms with E-state index in [0.29, 0.717) is 25.6 Å². The van der Waals surface area contributed by atoms with E-state index in [9.17, 15) is 4.79 Å². The molecule has 3 heterocycles. The van der Waals surface area contributed by atoms with Crippen LogP contribution in [0.2, 0.25) is 0 Å². The maximum absolute atomic E-state index is 12.4. The van der Waals surface area contributed by atoms with Gasteiger partial charge in [-0.2, -0.15) is 0 Å². The number of hydrogen-bond donors (Lipinski definition) is 1. The summed E-state index contributed by atoms with van der Waals surface area (Å²) >= 11 is 0. The first-order chi connectivity index (χ1) is 10.7. The zero-order valence-electron chi connectivity index (χ0n) is 12.9. The molecule has 2 fully saturated rings. The number of rotatable bonds is 3. The molecule has 1 aromatic heterocycles. The molecule has 7 nitrogen and oxygen atoms in total. The zero-order valence-corrected chi connectivity index (χ0v) is 12.9. The minimum Gasteiger partial charge on any atom is -0.365 e. The Morgan fingerprint density at radius 1 is 1.27 bits per heavy atom.